The van der Waals surface area contributed by atoms with Crippen molar-refractivity contribution in [2.45, 2.75) is 77.4 Å². The van der Waals surface area contributed by atoms with Gasteiger partial charge in [-0.1, -0.05) is 13.8 Å². The van der Waals surface area contributed by atoms with Crippen LogP contribution in [-0.2, 0) is 4.74 Å². The molecule has 0 aliphatic heterocycles. The Kier molecular flexibility index (Phi) is 4.87. The first kappa shape index (κ1) is 13.4. The molecule has 0 spiro atoms. The Hall–Kier alpha value is -0.0800. The van der Waals surface area contributed by atoms with Crippen LogP contribution in [0.1, 0.15) is 65.2 Å². The minimum atomic E-state index is 0.555. The summed E-state index contributed by atoms with van der Waals surface area (Å²) in [6, 6.07) is 0.858. The molecule has 0 heterocycles. The first-order chi connectivity index (χ1) is 8.16. The van der Waals surface area contributed by atoms with Gasteiger partial charge in [-0.05, 0) is 63.3 Å². The van der Waals surface area contributed by atoms with Gasteiger partial charge in [0.1, 0.15) is 0 Å². The molecule has 2 aliphatic carbocycles. The van der Waals surface area contributed by atoms with Crippen LogP contribution in [0.2, 0.25) is 0 Å². The van der Waals surface area contributed by atoms with Crippen molar-refractivity contribution in [2.75, 3.05) is 13.2 Å². The number of unbranched alkanes of at least 4 members (excludes halogenated alkanes) is 1. The van der Waals surface area contributed by atoms with Gasteiger partial charge in [-0.15, -0.1) is 0 Å². The van der Waals surface area contributed by atoms with E-state index < -0.39 is 0 Å². The molecule has 2 saturated carbocycles. The molecule has 0 radical (unpaired) electrons. The van der Waals surface area contributed by atoms with E-state index in [-0.39, 0.29) is 0 Å². The fourth-order valence-corrected chi connectivity index (χ4v) is 2.61. The van der Waals surface area contributed by atoms with Crippen molar-refractivity contribution in [3.63, 3.8) is 0 Å². The van der Waals surface area contributed by atoms with Crippen LogP contribution in [-0.4, -0.2) is 25.3 Å². The molecule has 0 atom stereocenters. The summed E-state index contributed by atoms with van der Waals surface area (Å²) < 4.78 is 5.97. The summed E-state index contributed by atoms with van der Waals surface area (Å²) in [7, 11) is 0. The van der Waals surface area contributed by atoms with Gasteiger partial charge in [0.05, 0.1) is 6.10 Å². The third-order valence-electron chi connectivity index (χ3n) is 4.22. The largest absolute Gasteiger partial charge is 0.378 e. The van der Waals surface area contributed by atoms with Crippen LogP contribution in [0.3, 0.4) is 0 Å². The van der Waals surface area contributed by atoms with Crippen LogP contribution in [0, 0.1) is 5.41 Å². The van der Waals surface area contributed by atoms with E-state index in [4.69, 9.17) is 4.74 Å². The lowest BCUT2D eigenvalue weighted by atomic mass is 9.76. The second kappa shape index (κ2) is 6.19. The van der Waals surface area contributed by atoms with E-state index >= 15 is 0 Å². The van der Waals surface area contributed by atoms with E-state index in [1.165, 1.54) is 57.9 Å². The quantitative estimate of drug-likeness (QED) is 0.687. The second-order valence-corrected chi connectivity index (χ2v) is 6.67. The lowest BCUT2D eigenvalue weighted by Gasteiger charge is -2.34. The SMILES string of the molecule is CC1(C)CCC(OCCCCNC2CC2)CC1. The fourth-order valence-electron chi connectivity index (χ4n) is 2.61. The average Bonchev–Trinajstić information content (AvgIpc) is 3.09. The molecule has 17 heavy (non-hydrogen) atoms. The lowest BCUT2D eigenvalue weighted by molar-refractivity contribution is 0.00292. The Bertz CT molecular complexity index is 213. The maximum absolute atomic E-state index is 5.97. The number of hydrogen-bond acceptors (Lipinski definition) is 2. The monoisotopic (exact) mass is 239 g/mol. The van der Waals surface area contributed by atoms with Crippen molar-refractivity contribution in [1.82, 2.24) is 5.32 Å². The molecule has 0 aromatic carbocycles. The van der Waals surface area contributed by atoms with Gasteiger partial charge in [-0.25, -0.2) is 0 Å². The van der Waals surface area contributed by atoms with Gasteiger partial charge in [0, 0.05) is 12.6 Å². The number of rotatable bonds is 7. The van der Waals surface area contributed by atoms with E-state index in [0.29, 0.717) is 11.5 Å². The molecule has 0 saturated heterocycles. The summed E-state index contributed by atoms with van der Waals surface area (Å²) >= 11 is 0. The van der Waals surface area contributed by atoms with Gasteiger partial charge in [0.15, 0.2) is 0 Å². The van der Waals surface area contributed by atoms with Gasteiger partial charge in [0.2, 0.25) is 0 Å². The smallest absolute Gasteiger partial charge is 0.0575 e. The molecule has 0 aromatic rings. The summed E-state index contributed by atoms with van der Waals surface area (Å²) in [5, 5.41) is 3.55. The first-order valence-electron chi connectivity index (χ1n) is 7.51. The predicted molar refractivity (Wildman–Crippen MR) is 72.2 cm³/mol. The maximum Gasteiger partial charge on any atom is 0.0575 e. The van der Waals surface area contributed by atoms with Crippen LogP contribution in [0.15, 0.2) is 0 Å². The molecule has 0 aromatic heterocycles. The number of ether oxygens (including phenoxy) is 1. The molecule has 2 aliphatic rings. The summed E-state index contributed by atoms with van der Waals surface area (Å²) in [5.41, 5.74) is 0.564. The minimum absolute atomic E-state index is 0.555. The minimum Gasteiger partial charge on any atom is -0.378 e. The molecule has 2 heteroatoms. The van der Waals surface area contributed by atoms with Crippen molar-refractivity contribution < 1.29 is 4.74 Å². The Morgan fingerprint density at radius 3 is 2.41 bits per heavy atom. The molecule has 0 unspecified atom stereocenters. The normalized spacial score (nSPS) is 25.1. The van der Waals surface area contributed by atoms with Crippen molar-refractivity contribution >= 4 is 0 Å². The van der Waals surface area contributed by atoms with Gasteiger partial charge >= 0.3 is 0 Å². The van der Waals surface area contributed by atoms with Crippen molar-refractivity contribution in [3.8, 4) is 0 Å². The molecule has 2 rings (SSSR count). The highest BCUT2D eigenvalue weighted by molar-refractivity contribution is 4.80. The predicted octanol–water partition coefficient (Wildman–Crippen LogP) is 3.50. The van der Waals surface area contributed by atoms with Crippen molar-refractivity contribution in [2.24, 2.45) is 5.41 Å². The summed E-state index contributed by atoms with van der Waals surface area (Å²) in [6.45, 7) is 6.92. The Balaban J connectivity index is 1.42. The van der Waals surface area contributed by atoms with E-state index in [0.717, 1.165) is 12.6 Å². The second-order valence-electron chi connectivity index (χ2n) is 6.67. The van der Waals surface area contributed by atoms with E-state index in [2.05, 4.69) is 19.2 Å². The third kappa shape index (κ3) is 5.39. The highest BCUT2D eigenvalue weighted by Gasteiger charge is 2.26. The van der Waals surface area contributed by atoms with Gasteiger partial charge in [0.25, 0.3) is 0 Å². The number of nitrogens with one attached hydrogen (secondary N) is 1. The zero-order chi connectivity index (χ0) is 12.1. The topological polar surface area (TPSA) is 21.3 Å². The highest BCUT2D eigenvalue weighted by Crippen LogP contribution is 2.36. The first-order valence-corrected chi connectivity index (χ1v) is 7.51. The Labute approximate surface area is 107 Å². The Morgan fingerprint density at radius 2 is 1.76 bits per heavy atom. The lowest BCUT2D eigenvalue weighted by Crippen LogP contribution is -2.27. The van der Waals surface area contributed by atoms with Gasteiger partial charge in [-0.3, -0.25) is 0 Å². The molecule has 2 nitrogen and oxygen atoms in total. The zero-order valence-electron chi connectivity index (χ0n) is 11.6. The zero-order valence-corrected chi connectivity index (χ0v) is 11.6. The van der Waals surface area contributed by atoms with Crippen LogP contribution in [0.4, 0.5) is 0 Å². The molecule has 0 bridgehead atoms. The Morgan fingerprint density at radius 1 is 1.06 bits per heavy atom. The van der Waals surface area contributed by atoms with Crippen LogP contribution in [0.5, 0.6) is 0 Å². The third-order valence-corrected chi connectivity index (χ3v) is 4.22. The molecule has 0 amide bonds. The van der Waals surface area contributed by atoms with E-state index in [1.807, 2.05) is 0 Å². The van der Waals surface area contributed by atoms with Crippen LogP contribution >= 0.6 is 0 Å². The van der Waals surface area contributed by atoms with Gasteiger partial charge in [-0.2, -0.15) is 0 Å². The molecular weight excluding hydrogens is 210 g/mol. The van der Waals surface area contributed by atoms with E-state index in [9.17, 15) is 0 Å². The van der Waals surface area contributed by atoms with Gasteiger partial charge < -0.3 is 10.1 Å². The molecule has 2 fully saturated rings. The van der Waals surface area contributed by atoms with Crippen LogP contribution < -0.4 is 5.32 Å². The highest BCUT2D eigenvalue weighted by atomic mass is 16.5. The molecule has 1 N–H and O–H groups in total. The molecule has 100 valence electrons. The van der Waals surface area contributed by atoms with Crippen molar-refractivity contribution in [1.29, 1.82) is 0 Å². The fraction of sp³-hybridized carbons (Fsp3) is 1.00. The summed E-state index contributed by atoms with van der Waals surface area (Å²) in [6.07, 6.45) is 11.1. The van der Waals surface area contributed by atoms with Crippen LogP contribution in [0.25, 0.3) is 0 Å². The maximum atomic E-state index is 5.97. The summed E-state index contributed by atoms with van der Waals surface area (Å²) in [4.78, 5) is 0. The molecular formula is C15H29NO. The standard InChI is InChI=1S/C15H29NO/c1-15(2)9-7-14(8-10-15)17-12-4-3-11-16-13-5-6-13/h13-14,16H,3-12H2,1-2H3. The van der Waals surface area contributed by atoms with E-state index in [1.54, 1.807) is 0 Å². The summed E-state index contributed by atoms with van der Waals surface area (Å²) in [5.74, 6) is 0. The number of hydrogen-bond donors (Lipinski definition) is 1. The van der Waals surface area contributed by atoms with Crippen molar-refractivity contribution in [3.05, 3.63) is 0 Å². The average molecular weight is 239 g/mol.